The van der Waals surface area contributed by atoms with Gasteiger partial charge in [0.05, 0.1) is 60.1 Å². The van der Waals surface area contributed by atoms with Crippen LogP contribution < -0.4 is 67.8 Å². The zero-order chi connectivity index (χ0) is 94.6. The van der Waals surface area contributed by atoms with Crippen molar-refractivity contribution in [2.24, 2.45) is 17.6 Å². The lowest BCUT2D eigenvalue weighted by Gasteiger charge is -2.48. The standard InChI is InChI=1S/C89H103Cl3N10O29/c1-36(2)22-52(94-5)80(117)101-67-69(108)42-13-18-56(50(91)25-42)127-58-27-44-28-59(77(58)131-88-78(75(114)73(112)61(35-104)130-88)126-46-23-37(3)79(116)89(4,31-46)96-32-38-6-8-39(9-7-38)40-10-15-45(90)16-11-40)128-57-19-14-43(26-51(57)92)70(109)68-85(122)100-66(86(123)124)48-29-55(106)49(33-95-20-21-125-87-76(115)74(113)72(111)60(34-103)129-87)71(110)63(48)47-24-41(12-17-54(47)105)64(82(119)102-68)99-83(120)65(44)98-81(118)53(30-62(93)107)97-84(67)121/h6-19,24-29,36-37,46,52-53,60-61,64-70,72-76,78-79,87-88,94-96,103-106,108-116H,20-23,30-35H2,1-5H3,(H2,93,107)(H,97,121)(H,98,118)(H,99,120)(H,100,122)(H,101,117)(H,102,119)(H,123,124)/t37-,46-,52-,53?,60?,61-,64-,65-,66+,67-,68+,69-,70-,72-,73?,74+,75?,76?,78-,79-,87+,88+,89?/m1/s1. The number of amides is 7. The zero-order valence-corrected chi connectivity index (χ0v) is 73.3. The number of hydrogen-bond donors (Lipinski definition) is 24. The second-order valence-electron chi connectivity index (χ2n) is 33.8. The van der Waals surface area contributed by atoms with Gasteiger partial charge in [-0.3, -0.25) is 33.6 Å². The van der Waals surface area contributed by atoms with Gasteiger partial charge in [0, 0.05) is 46.9 Å². The van der Waals surface area contributed by atoms with E-state index in [2.05, 4.69) is 47.9 Å². The largest absolute Gasteiger partial charge is 0.507 e. The van der Waals surface area contributed by atoms with Gasteiger partial charge < -0.3 is 158 Å². The second-order valence-corrected chi connectivity index (χ2v) is 35.0. The number of phenolic OH excluding ortho intramolecular Hbond substituents is 3. The summed E-state index contributed by atoms with van der Waals surface area (Å²) in [6.45, 7) is 4.51. The molecule has 11 bridgehead atoms. The minimum Gasteiger partial charge on any atom is -0.507 e. The van der Waals surface area contributed by atoms with E-state index in [0.29, 0.717) is 5.02 Å². The lowest BCUT2D eigenvalue weighted by atomic mass is 9.73. The number of rotatable bonds is 24. The highest BCUT2D eigenvalue weighted by atomic mass is 35.5. The Hall–Kier alpha value is -10.7. The summed E-state index contributed by atoms with van der Waals surface area (Å²) in [7, 11) is 1.47. The molecule has 42 heteroatoms. The minimum atomic E-state index is -2.42. The molecular formula is C89H103Cl3N10O29. The second kappa shape index (κ2) is 41.6. The van der Waals surface area contributed by atoms with E-state index in [9.17, 15) is 85.9 Å². The number of benzene rings is 7. The molecule has 25 N–H and O–H groups in total. The number of primary amides is 1. The number of phenols is 3. The highest BCUT2D eigenvalue weighted by Crippen LogP contribution is 2.51. The Labute approximate surface area is 763 Å². The number of nitrogens with two attached hydrogens (primary N) is 1. The predicted molar refractivity (Wildman–Crippen MR) is 463 cm³/mol. The topological polar surface area (TPSA) is 619 Å². The molecule has 7 aliphatic heterocycles. The first kappa shape index (κ1) is 97.8. The SMILES string of the molecule is CN[C@H](CC(C)C)C(=O)N[C@H]1C(=O)NC(CC(N)=O)C(=O)N[C@H]2C(=O)N[C@H]3C(=O)N[C@H](C(=O)N[C@H](C(=O)O)c4cc(O)c(CNCCO[C@H]5OC(CO)[C@@H](O)[C@H](O)C5O)c(O)c4-c4cc3ccc4O)[C@H](O)c3ccc(c(Cl)c3)Oc3cc2cc(c3O[C@@H]2O[C@H](CO)C(O)C(O)[C@H]2O[C@@H]2C[C@@H](C)[C@@H](O)C(C)(NCc3ccc(-c4ccc(Cl)cc4)cc3)C2)Oc2ccc(cc2Cl)[C@H]1O. The van der Waals surface area contributed by atoms with Crippen molar-refractivity contribution in [2.75, 3.05) is 33.4 Å². The van der Waals surface area contributed by atoms with Gasteiger partial charge >= 0.3 is 5.97 Å². The Balaban J connectivity index is 0.962. The number of hydrogen-bond acceptors (Lipinski definition) is 31. The van der Waals surface area contributed by atoms with Crippen molar-refractivity contribution in [2.45, 2.75) is 200 Å². The molecule has 704 valence electrons. The fourth-order valence-corrected chi connectivity index (χ4v) is 17.5. The van der Waals surface area contributed by atoms with Crippen molar-refractivity contribution in [1.29, 1.82) is 0 Å². The van der Waals surface area contributed by atoms with E-state index >= 15 is 24.0 Å². The molecule has 131 heavy (non-hydrogen) atoms. The third kappa shape index (κ3) is 21.7. The average Bonchev–Trinajstić information content (AvgIpc) is 0.760. The molecule has 7 amide bonds. The number of carbonyl (C=O) groups is 8. The van der Waals surface area contributed by atoms with E-state index < -0.39 is 292 Å². The van der Waals surface area contributed by atoms with E-state index in [4.69, 9.17) is 73.7 Å². The summed E-state index contributed by atoms with van der Waals surface area (Å²) in [5.74, 6) is -17.3. The van der Waals surface area contributed by atoms with E-state index in [1.54, 1.807) is 26.0 Å². The molecule has 0 radical (unpaired) electrons. The third-order valence-electron chi connectivity index (χ3n) is 24.0. The van der Waals surface area contributed by atoms with Crippen LogP contribution in [-0.2, 0) is 70.4 Å². The number of aromatic hydroxyl groups is 3. The van der Waals surface area contributed by atoms with Crippen LogP contribution in [0.5, 0.6) is 46.0 Å². The van der Waals surface area contributed by atoms with Gasteiger partial charge in [-0.15, -0.1) is 0 Å². The maximum Gasteiger partial charge on any atom is 0.330 e. The molecule has 7 heterocycles. The highest BCUT2D eigenvalue weighted by Gasteiger charge is 2.53. The van der Waals surface area contributed by atoms with Crippen LogP contribution in [0.15, 0.2) is 121 Å². The number of halogens is 3. The molecule has 1 aliphatic carbocycles. The van der Waals surface area contributed by atoms with E-state index in [-0.39, 0.29) is 66.8 Å². The van der Waals surface area contributed by atoms with Gasteiger partial charge in [-0.2, -0.15) is 0 Å². The van der Waals surface area contributed by atoms with Crippen molar-refractivity contribution in [3.8, 4) is 68.2 Å². The van der Waals surface area contributed by atoms with Gasteiger partial charge in [0.2, 0.25) is 53.4 Å². The van der Waals surface area contributed by atoms with Gasteiger partial charge in [0.1, 0.15) is 120 Å². The summed E-state index contributed by atoms with van der Waals surface area (Å²) < 4.78 is 44.7. The van der Waals surface area contributed by atoms with Crippen LogP contribution in [0.3, 0.4) is 0 Å². The number of carbonyl (C=O) groups excluding carboxylic acids is 7. The number of nitrogens with one attached hydrogen (secondary N) is 9. The summed E-state index contributed by atoms with van der Waals surface area (Å²) in [6.07, 6.45) is -24.9. The molecule has 39 nitrogen and oxygen atoms in total. The summed E-state index contributed by atoms with van der Waals surface area (Å²) in [6, 6.07) is 12.9. The smallest absolute Gasteiger partial charge is 0.330 e. The lowest BCUT2D eigenvalue weighted by molar-refractivity contribution is -0.300. The van der Waals surface area contributed by atoms with Gasteiger partial charge in [-0.1, -0.05) is 110 Å². The van der Waals surface area contributed by atoms with Crippen LogP contribution >= 0.6 is 34.8 Å². The van der Waals surface area contributed by atoms with E-state index in [1.807, 2.05) is 50.2 Å². The number of likely N-dealkylation sites (N-methyl/N-ethyl adjacent to an activating group) is 1. The number of aliphatic hydroxyl groups is 10. The molecule has 2 saturated heterocycles. The fourth-order valence-electron chi connectivity index (χ4n) is 16.9. The van der Waals surface area contributed by atoms with Crippen LogP contribution in [0.2, 0.25) is 15.1 Å². The van der Waals surface area contributed by atoms with Crippen LogP contribution in [0, 0.1) is 11.8 Å². The Morgan fingerprint density at radius 2 is 1.21 bits per heavy atom. The molecule has 1 saturated carbocycles. The monoisotopic (exact) mass is 1880 g/mol. The maximum atomic E-state index is 16.5. The number of fused-ring (bicyclic) bond motifs is 15. The first-order valence-corrected chi connectivity index (χ1v) is 43.2. The molecule has 0 spiro atoms. The minimum absolute atomic E-state index is 0.0236. The fraction of sp³-hybridized carbons (Fsp3) is 0.438. The number of carboxylic acids is 1. The van der Waals surface area contributed by atoms with Crippen molar-refractivity contribution < 1.29 is 143 Å². The Bertz CT molecular complexity index is 5400. The third-order valence-corrected chi connectivity index (χ3v) is 24.9. The number of aliphatic carboxylic acids is 1. The maximum absolute atomic E-state index is 16.5. The van der Waals surface area contributed by atoms with Crippen LogP contribution in [0.25, 0.3) is 22.3 Å². The Kier molecular flexibility index (Phi) is 31.1. The van der Waals surface area contributed by atoms with Crippen LogP contribution in [0.4, 0.5) is 0 Å². The Morgan fingerprint density at radius 1 is 0.626 bits per heavy atom. The average molecular weight is 1880 g/mol. The van der Waals surface area contributed by atoms with E-state index in [1.165, 1.54) is 19.2 Å². The van der Waals surface area contributed by atoms with Crippen molar-refractivity contribution >= 4 is 82.1 Å². The molecule has 6 unspecified atom stereocenters. The predicted octanol–water partition coefficient (Wildman–Crippen LogP) is 1.83. The number of ether oxygens (including phenoxy) is 7. The normalized spacial score (nSPS) is 28.9. The van der Waals surface area contributed by atoms with Crippen LogP contribution in [-0.4, -0.2) is 256 Å². The molecule has 0 aromatic heterocycles. The molecule has 15 rings (SSSR count). The lowest BCUT2D eigenvalue weighted by Crippen LogP contribution is -2.64. The van der Waals surface area contributed by atoms with E-state index in [0.717, 1.165) is 77.4 Å². The summed E-state index contributed by atoms with van der Waals surface area (Å²) in [5, 5.41) is 185. The molecular weight excluding hydrogens is 1780 g/mol. The van der Waals surface area contributed by atoms with Crippen molar-refractivity contribution in [3.05, 3.63) is 175 Å². The summed E-state index contributed by atoms with van der Waals surface area (Å²) in [4.78, 5) is 120. The first-order chi connectivity index (χ1) is 62.3. The number of carboxylic acid groups (broad SMARTS) is 1. The zero-order valence-electron chi connectivity index (χ0n) is 71.0. The van der Waals surface area contributed by atoms with Crippen molar-refractivity contribution in [3.63, 3.8) is 0 Å². The molecule has 23 atom stereocenters. The molecule has 3 fully saturated rings. The highest BCUT2D eigenvalue weighted by molar-refractivity contribution is 6.32. The molecule has 7 aromatic carbocycles. The van der Waals surface area contributed by atoms with Gasteiger partial charge in [0.25, 0.3) is 0 Å². The molecule has 8 aliphatic rings. The summed E-state index contributed by atoms with van der Waals surface area (Å²) in [5.41, 5.74) is 3.56. The van der Waals surface area contributed by atoms with Gasteiger partial charge in [-0.05, 0) is 151 Å². The molecule has 7 aromatic rings. The number of aliphatic hydroxyl groups excluding tert-OH is 10. The van der Waals surface area contributed by atoms with Crippen LogP contribution in [0.1, 0.15) is 123 Å². The Morgan fingerprint density at radius 3 is 1.82 bits per heavy atom. The van der Waals surface area contributed by atoms with Gasteiger partial charge in [-0.25, -0.2) is 4.79 Å². The van der Waals surface area contributed by atoms with Crippen molar-refractivity contribution in [1.82, 2.24) is 47.9 Å². The van der Waals surface area contributed by atoms with Gasteiger partial charge in [0.15, 0.2) is 23.8 Å². The quantitative estimate of drug-likeness (QED) is 0.0384. The first-order valence-electron chi connectivity index (χ1n) is 42.0. The summed E-state index contributed by atoms with van der Waals surface area (Å²) >= 11 is 20.6.